The van der Waals surface area contributed by atoms with Crippen LogP contribution in [-0.4, -0.2) is 90.4 Å². The number of nitrogens with one attached hydrogen (secondary N) is 1. The van der Waals surface area contributed by atoms with E-state index in [1.54, 1.807) is 48.4 Å². The first-order valence-electron chi connectivity index (χ1n) is 23.5. The van der Waals surface area contributed by atoms with Crippen LogP contribution in [0.4, 0.5) is 0 Å². The fourth-order valence-corrected chi connectivity index (χ4v) is 5.87. The number of aliphatic carboxylic acids is 1. The van der Waals surface area contributed by atoms with Gasteiger partial charge in [0.1, 0.15) is 24.2 Å². The predicted molar refractivity (Wildman–Crippen MR) is 315 cm³/mol. The van der Waals surface area contributed by atoms with Crippen LogP contribution in [-0.2, 0) is 47.3 Å². The number of halogens is 2. The number of imidazole rings is 1. The molecule has 1 radical (unpaired) electrons. The number of benzene rings is 2. The molecule has 0 bridgehead atoms. The van der Waals surface area contributed by atoms with Crippen molar-refractivity contribution in [2.75, 3.05) is 18.6 Å². The second kappa shape index (κ2) is 44.5. The van der Waals surface area contributed by atoms with Crippen molar-refractivity contribution in [1.82, 2.24) is 55.3 Å². The van der Waals surface area contributed by atoms with Crippen LogP contribution >= 0.6 is 46.6 Å². The number of Topliss-reactive ketones (excluding diaryl/α,β-unsaturated/α-hetero) is 2. The number of carboxylic acid groups (broad SMARTS) is 1. The van der Waals surface area contributed by atoms with Gasteiger partial charge in [0.2, 0.25) is 5.78 Å². The number of nitrogens with zero attached hydrogens (tertiary/aromatic N) is 9. The Bertz CT molecular complexity index is 2800. The summed E-state index contributed by atoms with van der Waals surface area (Å²) >= 11 is 2.15. The Labute approximate surface area is 479 Å². The van der Waals surface area contributed by atoms with Gasteiger partial charge in [-0.25, -0.2) is 24.0 Å². The van der Waals surface area contributed by atoms with Crippen LogP contribution < -0.4 is 6.15 Å². The monoisotopic (exact) mass is 1270 g/mol. The number of carboxylic acids is 1. The number of aromatic nitrogens is 10. The molecule has 9 aromatic rings. The Morgan fingerprint density at radius 1 is 0.608 bits per heavy atom. The van der Waals surface area contributed by atoms with E-state index >= 15 is 0 Å². The zero-order chi connectivity index (χ0) is 52.8. The third-order valence-corrected chi connectivity index (χ3v) is 8.79. The molecule has 0 aliphatic heterocycles. The van der Waals surface area contributed by atoms with Gasteiger partial charge in [0.05, 0.1) is 23.7 Å². The normalized spacial score (nSPS) is 8.97. The maximum atomic E-state index is 12.1. The number of aromatic amines is 1. The first-order valence-corrected chi connectivity index (χ1v) is 25.7. The number of aryl methyl sites for hydroxylation is 2. The van der Waals surface area contributed by atoms with Gasteiger partial charge < -0.3 is 21.0 Å². The number of H-pyrrole nitrogens is 1. The Balaban J connectivity index is -0.000000956. The van der Waals surface area contributed by atoms with Gasteiger partial charge in [-0.2, -0.15) is 10.2 Å². The molecule has 0 saturated heterocycles. The van der Waals surface area contributed by atoms with E-state index in [1.807, 2.05) is 121 Å². The third kappa shape index (κ3) is 25.3. The molecule has 16 nitrogen and oxygen atoms in total. The average Bonchev–Trinajstić information content (AvgIpc) is 4.24. The minimum atomic E-state index is -0.833. The molecule has 0 amide bonds. The number of methoxy groups -OCH3 is 1. The van der Waals surface area contributed by atoms with Crippen LogP contribution in [0.5, 0.6) is 0 Å². The molecule has 7 heterocycles. The molecule has 0 aliphatic rings. The van der Waals surface area contributed by atoms with Crippen LogP contribution in [0.2, 0.25) is 0 Å². The Morgan fingerprint density at radius 3 is 1.59 bits per heavy atom. The number of hydrogen-bond donors (Lipinski definition) is 3. The number of pyridine rings is 4. The molecule has 0 fully saturated rings. The Hall–Kier alpha value is -6.04. The van der Waals surface area contributed by atoms with Crippen LogP contribution in [0.25, 0.3) is 33.9 Å². The molecule has 9 rings (SSSR count). The zero-order valence-corrected chi connectivity index (χ0v) is 50.3. The van der Waals surface area contributed by atoms with Gasteiger partial charge in [0.15, 0.2) is 11.3 Å². The van der Waals surface area contributed by atoms with Gasteiger partial charge in [0, 0.05) is 74.9 Å². The fourth-order valence-electron chi connectivity index (χ4n) is 5.87. The molecule has 0 unspecified atom stereocenters. The number of carbonyl (C=O) groups excluding carboxylic acids is 2. The minimum Gasteiger partial charge on any atom is -0.481 e. The summed E-state index contributed by atoms with van der Waals surface area (Å²) in [7, 11) is 1.73. The number of alkyl halides is 1. The minimum absolute atomic E-state index is 0. The van der Waals surface area contributed by atoms with E-state index in [9.17, 15) is 9.59 Å². The molecule has 5 N–H and O–H groups in total. The number of carbonyl (C=O) groups is 3. The molecule has 0 aliphatic carbocycles. The van der Waals surface area contributed by atoms with Crippen molar-refractivity contribution < 1.29 is 42.8 Å². The van der Waals surface area contributed by atoms with Crippen molar-refractivity contribution in [2.45, 2.75) is 81.6 Å². The summed E-state index contributed by atoms with van der Waals surface area (Å²) in [5.74, 6) is -1.14. The summed E-state index contributed by atoms with van der Waals surface area (Å²) in [6.45, 7) is 17.9. The second-order valence-electron chi connectivity index (χ2n) is 13.2. The number of ketones is 2. The number of fused-ring (bicyclic) bond motifs is 2. The summed E-state index contributed by atoms with van der Waals surface area (Å²) in [6.07, 6.45) is 12.4. The van der Waals surface area contributed by atoms with Gasteiger partial charge in [-0.15, -0.1) is 24.0 Å². The first-order chi connectivity index (χ1) is 34.8. The maximum absolute atomic E-state index is 12.1. The SMILES string of the molecule is CC.CC.CC.CC.CC(=O)O.CI.COCCc1ccccc1.I.N.O=C(C(=O)c1ccccn1)c1ccc2ncnn2c1.[V].c1ccc(CCc2nc(-c3ccc4ncnn4c3)c(-c3ccccn3)[nH]2)cc1. The van der Waals surface area contributed by atoms with Crippen molar-refractivity contribution in [3.8, 4) is 22.6 Å². The molecular weight excluding hydrogens is 1200 g/mol. The van der Waals surface area contributed by atoms with E-state index in [-0.39, 0.29) is 59.9 Å². The van der Waals surface area contributed by atoms with E-state index in [2.05, 4.69) is 94.1 Å². The van der Waals surface area contributed by atoms with Crippen molar-refractivity contribution in [3.63, 3.8) is 0 Å². The average molecular weight is 1270 g/mol. The van der Waals surface area contributed by atoms with Crippen LogP contribution in [0.3, 0.4) is 0 Å². The Kier molecular flexibility index (Phi) is 43.4. The summed E-state index contributed by atoms with van der Waals surface area (Å²) in [5.41, 5.74) is 8.08. The molecule has 7 aromatic heterocycles. The molecule has 0 atom stereocenters. The predicted octanol–water partition coefficient (Wildman–Crippen LogP) is 13.1. The molecule has 74 heavy (non-hydrogen) atoms. The smallest absolute Gasteiger partial charge is 0.300 e. The topological polar surface area (TPSA) is 231 Å². The summed E-state index contributed by atoms with van der Waals surface area (Å²) in [5, 5.41) is 15.6. The summed E-state index contributed by atoms with van der Waals surface area (Å²) in [4.78, 5) is 60.0. The molecule has 0 spiro atoms. The maximum Gasteiger partial charge on any atom is 0.300 e. The van der Waals surface area contributed by atoms with E-state index in [4.69, 9.17) is 19.6 Å². The van der Waals surface area contributed by atoms with Crippen molar-refractivity contribution >= 4 is 75.4 Å². The fraction of sp³-hybridized carbons (Fsp3) is 0.273. The molecule has 2 aromatic carbocycles. The van der Waals surface area contributed by atoms with Crippen molar-refractivity contribution in [3.05, 3.63) is 187 Å². The first kappa shape index (κ1) is 72.2. The molecule has 397 valence electrons. The van der Waals surface area contributed by atoms with E-state index in [1.165, 1.54) is 40.4 Å². The number of rotatable bonds is 11. The van der Waals surface area contributed by atoms with Gasteiger partial charge in [-0.05, 0) is 77.4 Å². The van der Waals surface area contributed by atoms with Crippen LogP contribution in [0, 0.1) is 0 Å². The zero-order valence-electron chi connectivity index (χ0n) is 44.4. The van der Waals surface area contributed by atoms with Crippen LogP contribution in [0.1, 0.15) is 100 Å². The molecular formula is C55H73I2N11O5V. The van der Waals surface area contributed by atoms with Gasteiger partial charge >= 0.3 is 0 Å². The Morgan fingerprint density at radius 2 is 1.09 bits per heavy atom. The summed E-state index contributed by atoms with van der Waals surface area (Å²) < 4.78 is 8.15. The number of hydrogen-bond acceptors (Lipinski definition) is 12. The van der Waals surface area contributed by atoms with E-state index in [0.717, 1.165) is 66.9 Å². The van der Waals surface area contributed by atoms with Gasteiger partial charge in [-0.3, -0.25) is 24.4 Å². The van der Waals surface area contributed by atoms with Crippen molar-refractivity contribution in [2.24, 2.45) is 0 Å². The number of ether oxygens (including phenoxy) is 1. The molecule has 0 saturated carbocycles. The van der Waals surface area contributed by atoms with Gasteiger partial charge in [-0.1, -0.05) is 151 Å². The van der Waals surface area contributed by atoms with Crippen LogP contribution in [0.15, 0.2) is 159 Å². The largest absolute Gasteiger partial charge is 0.481 e. The standard InChI is InChI=1S/C22H18N6.C13H8N4O2.C9H12O.C2H4O2.4C2H6.CH3I.HI.H3N.V/c1-2-6-16(7-3-1)9-11-19-26-21(22(27-19)18-8-4-5-13-23-18)17-10-12-20-24-15-25-28(20)14-17;18-12(13(19)10-3-1-2-6-14-10)9-4-5-11-15-8-16-17(11)7-9;1-10-8-7-9-5-3-2-4-6-9;1-2(3)4;5*1-2;;;/h1-8,10,12-15H,9,11H2,(H,26,27);1-8H;2-6H,7-8H2,1H3;1H3,(H,3,4);4*1-2H3;1H3;1H;1H3;. The van der Waals surface area contributed by atoms with Crippen molar-refractivity contribution in [1.29, 1.82) is 0 Å². The molecule has 19 heteroatoms. The van der Waals surface area contributed by atoms with E-state index in [0.29, 0.717) is 5.65 Å². The summed E-state index contributed by atoms with van der Waals surface area (Å²) in [6, 6.07) is 38.7. The van der Waals surface area contributed by atoms with Gasteiger partial charge in [0.25, 0.3) is 11.8 Å². The second-order valence-corrected chi connectivity index (χ2v) is 13.2. The third-order valence-electron chi connectivity index (χ3n) is 8.79. The van der Waals surface area contributed by atoms with E-state index < -0.39 is 17.5 Å². The quantitative estimate of drug-likeness (QED) is 0.0474.